The molecule has 0 aliphatic heterocycles. The number of oxime groups is 1. The van der Waals surface area contributed by atoms with Crippen LogP contribution in [0, 0.1) is 0 Å². The summed E-state index contributed by atoms with van der Waals surface area (Å²) in [6.07, 6.45) is 0. The van der Waals surface area contributed by atoms with E-state index in [9.17, 15) is 0 Å². The van der Waals surface area contributed by atoms with Gasteiger partial charge in [0.2, 0.25) is 0 Å². The fourth-order valence-corrected chi connectivity index (χ4v) is 1.42. The van der Waals surface area contributed by atoms with Gasteiger partial charge < -0.3 is 26.5 Å². The molecule has 6 nitrogen and oxygen atoms in total. The molecular weight excluding hydrogens is 222 g/mol. The highest BCUT2D eigenvalue weighted by molar-refractivity contribution is 5.98. The van der Waals surface area contributed by atoms with Crippen LogP contribution in [0.15, 0.2) is 29.4 Å². The molecule has 0 saturated heterocycles. The Balaban J connectivity index is 2.77. The lowest BCUT2D eigenvalue weighted by Gasteiger charge is -2.15. The van der Waals surface area contributed by atoms with E-state index in [0.717, 1.165) is 5.56 Å². The van der Waals surface area contributed by atoms with Crippen molar-refractivity contribution >= 4 is 5.84 Å². The molecular formula is C11H17N3O3. The number of hydrogen-bond acceptors (Lipinski definition) is 5. The van der Waals surface area contributed by atoms with Gasteiger partial charge in [-0.05, 0) is 5.56 Å². The van der Waals surface area contributed by atoms with Crippen molar-refractivity contribution in [1.82, 2.24) is 5.32 Å². The lowest BCUT2D eigenvalue weighted by Crippen LogP contribution is -2.35. The second-order valence-corrected chi connectivity index (χ2v) is 3.59. The summed E-state index contributed by atoms with van der Waals surface area (Å²) in [5, 5.41) is 32.4. The predicted octanol–water partition coefficient (Wildman–Crippen LogP) is -0.776. The Kier molecular flexibility index (Phi) is 5.41. The summed E-state index contributed by atoms with van der Waals surface area (Å²) in [7, 11) is 0. The molecule has 94 valence electrons. The summed E-state index contributed by atoms with van der Waals surface area (Å²) in [6.45, 7) is 0.114. The Morgan fingerprint density at radius 3 is 2.53 bits per heavy atom. The number of nitrogens with two attached hydrogens (primary N) is 1. The van der Waals surface area contributed by atoms with Crippen molar-refractivity contribution in [3.05, 3.63) is 35.4 Å². The minimum Gasteiger partial charge on any atom is -0.409 e. The Labute approximate surface area is 99.4 Å². The number of rotatable bonds is 6. The maximum atomic E-state index is 8.92. The molecule has 6 N–H and O–H groups in total. The molecule has 0 aliphatic carbocycles. The molecule has 0 unspecified atom stereocenters. The summed E-state index contributed by atoms with van der Waals surface area (Å²) >= 11 is 0. The van der Waals surface area contributed by atoms with Crippen molar-refractivity contribution in [3.63, 3.8) is 0 Å². The number of hydrogen-bond donors (Lipinski definition) is 5. The van der Waals surface area contributed by atoms with Gasteiger partial charge in [0.25, 0.3) is 0 Å². The fraction of sp³-hybridized carbons (Fsp3) is 0.364. The van der Waals surface area contributed by atoms with Gasteiger partial charge in [0, 0.05) is 12.1 Å². The number of nitrogens with one attached hydrogen (secondary N) is 1. The molecule has 0 heterocycles. The number of aliphatic hydroxyl groups excluding tert-OH is 2. The third-order valence-electron chi connectivity index (χ3n) is 2.42. The second-order valence-electron chi connectivity index (χ2n) is 3.59. The van der Waals surface area contributed by atoms with Gasteiger partial charge in [-0.2, -0.15) is 0 Å². The Bertz CT molecular complexity index is 378. The van der Waals surface area contributed by atoms with E-state index in [1.165, 1.54) is 0 Å². The smallest absolute Gasteiger partial charge is 0.170 e. The van der Waals surface area contributed by atoms with Gasteiger partial charge in [-0.25, -0.2) is 0 Å². The van der Waals surface area contributed by atoms with E-state index >= 15 is 0 Å². The molecule has 0 fully saturated rings. The van der Waals surface area contributed by atoms with Crippen molar-refractivity contribution in [1.29, 1.82) is 0 Å². The maximum absolute atomic E-state index is 8.92. The fourth-order valence-electron chi connectivity index (χ4n) is 1.42. The average Bonchev–Trinajstić information content (AvgIpc) is 2.39. The Hall–Kier alpha value is -1.63. The Morgan fingerprint density at radius 2 is 1.94 bits per heavy atom. The molecule has 1 aromatic rings. The van der Waals surface area contributed by atoms with Crippen LogP contribution in [-0.4, -0.2) is 40.5 Å². The first-order chi connectivity index (χ1) is 8.22. The van der Waals surface area contributed by atoms with Crippen molar-refractivity contribution in [2.24, 2.45) is 10.9 Å². The van der Waals surface area contributed by atoms with Crippen LogP contribution in [0.4, 0.5) is 0 Å². The van der Waals surface area contributed by atoms with Crippen LogP contribution in [0.25, 0.3) is 0 Å². The van der Waals surface area contributed by atoms with E-state index in [1.807, 2.05) is 12.1 Å². The van der Waals surface area contributed by atoms with Crippen molar-refractivity contribution in [2.45, 2.75) is 12.6 Å². The first-order valence-corrected chi connectivity index (χ1v) is 5.23. The number of amidine groups is 1. The summed E-state index contributed by atoms with van der Waals surface area (Å²) in [6, 6.07) is 6.80. The van der Waals surface area contributed by atoms with E-state index in [-0.39, 0.29) is 25.1 Å². The standard InChI is InChI=1S/C11H17N3O3/c12-11(14-17)10-4-2-1-3-8(10)5-13-9(6-15)7-16/h1-4,9,13,15-17H,5-7H2,(H2,12,14). The van der Waals surface area contributed by atoms with Crippen LogP contribution in [0.2, 0.25) is 0 Å². The predicted molar refractivity (Wildman–Crippen MR) is 63.8 cm³/mol. The minimum absolute atomic E-state index is 0.0342. The Morgan fingerprint density at radius 1 is 1.29 bits per heavy atom. The summed E-state index contributed by atoms with van der Waals surface area (Å²) < 4.78 is 0. The zero-order chi connectivity index (χ0) is 12.7. The molecule has 1 rings (SSSR count). The van der Waals surface area contributed by atoms with Crippen molar-refractivity contribution < 1.29 is 15.4 Å². The number of benzene rings is 1. The lowest BCUT2D eigenvalue weighted by atomic mass is 10.1. The first-order valence-electron chi connectivity index (χ1n) is 5.23. The highest BCUT2D eigenvalue weighted by Gasteiger charge is 2.09. The summed E-state index contributed by atoms with van der Waals surface area (Å²) in [4.78, 5) is 0. The third-order valence-corrected chi connectivity index (χ3v) is 2.42. The molecule has 0 spiro atoms. The minimum atomic E-state index is -0.379. The highest BCUT2D eigenvalue weighted by atomic mass is 16.4. The van der Waals surface area contributed by atoms with Gasteiger partial charge >= 0.3 is 0 Å². The average molecular weight is 239 g/mol. The molecule has 0 aliphatic rings. The van der Waals surface area contributed by atoms with Crippen LogP contribution in [0.5, 0.6) is 0 Å². The molecule has 0 aromatic heterocycles. The number of aliphatic hydroxyl groups is 2. The largest absolute Gasteiger partial charge is 0.409 e. The second kappa shape index (κ2) is 6.85. The summed E-state index contributed by atoms with van der Waals surface area (Å²) in [5.74, 6) is 0.0342. The molecule has 1 aromatic carbocycles. The van der Waals surface area contributed by atoms with Crippen LogP contribution >= 0.6 is 0 Å². The summed E-state index contributed by atoms with van der Waals surface area (Å²) in [5.41, 5.74) is 6.99. The highest BCUT2D eigenvalue weighted by Crippen LogP contribution is 2.08. The van der Waals surface area contributed by atoms with Crippen LogP contribution in [-0.2, 0) is 6.54 Å². The zero-order valence-corrected chi connectivity index (χ0v) is 9.37. The molecule has 0 atom stereocenters. The first kappa shape index (κ1) is 13.4. The van der Waals surface area contributed by atoms with E-state index < -0.39 is 0 Å². The van der Waals surface area contributed by atoms with Gasteiger partial charge in [-0.3, -0.25) is 0 Å². The van der Waals surface area contributed by atoms with Crippen LogP contribution in [0.3, 0.4) is 0 Å². The molecule has 0 saturated carbocycles. The molecule has 6 heteroatoms. The lowest BCUT2D eigenvalue weighted by molar-refractivity contribution is 0.170. The quantitative estimate of drug-likeness (QED) is 0.194. The maximum Gasteiger partial charge on any atom is 0.170 e. The molecule has 0 amide bonds. The topological polar surface area (TPSA) is 111 Å². The van der Waals surface area contributed by atoms with Gasteiger partial charge in [0.1, 0.15) is 0 Å². The van der Waals surface area contributed by atoms with Gasteiger partial charge in [-0.1, -0.05) is 29.4 Å². The van der Waals surface area contributed by atoms with Gasteiger partial charge in [-0.15, -0.1) is 0 Å². The SMILES string of the molecule is NC(=NO)c1ccccc1CNC(CO)CO. The van der Waals surface area contributed by atoms with Crippen molar-refractivity contribution in [2.75, 3.05) is 13.2 Å². The molecule has 0 bridgehead atoms. The molecule has 0 radical (unpaired) electrons. The van der Waals surface area contributed by atoms with Gasteiger partial charge in [0.05, 0.1) is 19.3 Å². The van der Waals surface area contributed by atoms with Gasteiger partial charge in [0.15, 0.2) is 5.84 Å². The third kappa shape index (κ3) is 3.70. The monoisotopic (exact) mass is 239 g/mol. The van der Waals surface area contributed by atoms with Crippen molar-refractivity contribution in [3.8, 4) is 0 Å². The van der Waals surface area contributed by atoms with E-state index in [0.29, 0.717) is 12.1 Å². The van der Waals surface area contributed by atoms with Crippen LogP contribution < -0.4 is 11.1 Å². The normalized spacial score (nSPS) is 12.1. The van der Waals surface area contributed by atoms with E-state index in [1.54, 1.807) is 12.1 Å². The molecule has 17 heavy (non-hydrogen) atoms. The van der Waals surface area contributed by atoms with E-state index in [4.69, 9.17) is 21.2 Å². The van der Waals surface area contributed by atoms with E-state index in [2.05, 4.69) is 10.5 Å². The van der Waals surface area contributed by atoms with Crippen LogP contribution in [0.1, 0.15) is 11.1 Å². The number of nitrogens with zero attached hydrogens (tertiary/aromatic N) is 1. The zero-order valence-electron chi connectivity index (χ0n) is 9.37.